The lowest BCUT2D eigenvalue weighted by Gasteiger charge is -2.23. The summed E-state index contributed by atoms with van der Waals surface area (Å²) < 4.78 is 31.0. The van der Waals surface area contributed by atoms with Gasteiger partial charge in [0, 0.05) is 50.7 Å². The Morgan fingerprint density at radius 1 is 1.29 bits per heavy atom. The van der Waals surface area contributed by atoms with Crippen molar-refractivity contribution >= 4 is 5.91 Å². The van der Waals surface area contributed by atoms with Gasteiger partial charge in [0.1, 0.15) is 17.3 Å². The Kier molecular flexibility index (Phi) is 6.83. The van der Waals surface area contributed by atoms with Crippen LogP contribution in [0, 0.1) is 5.82 Å². The Bertz CT molecular complexity index is 943. The van der Waals surface area contributed by atoms with E-state index in [4.69, 9.17) is 14.2 Å². The van der Waals surface area contributed by atoms with Gasteiger partial charge in [-0.2, -0.15) is 0 Å². The number of methoxy groups -OCH3 is 1. The van der Waals surface area contributed by atoms with Crippen molar-refractivity contribution in [1.82, 2.24) is 10.3 Å². The highest BCUT2D eigenvalue weighted by atomic mass is 19.1. The summed E-state index contributed by atoms with van der Waals surface area (Å²) in [6, 6.07) is 7.18. The molecular formula is C24H29FN2O4. The Labute approximate surface area is 182 Å². The number of carbonyl (C=O) groups is 1. The second-order valence-electron chi connectivity index (χ2n) is 8.29. The van der Waals surface area contributed by atoms with Gasteiger partial charge in [0.05, 0.1) is 18.9 Å². The van der Waals surface area contributed by atoms with Crippen LogP contribution < -0.4 is 10.1 Å². The number of hydrogen-bond donors (Lipinski definition) is 1. The van der Waals surface area contributed by atoms with E-state index in [-0.39, 0.29) is 23.7 Å². The molecular weight excluding hydrogens is 399 g/mol. The molecule has 2 aliphatic rings. The molecule has 31 heavy (non-hydrogen) atoms. The number of ether oxygens (including phenoxy) is 3. The standard InChI is InChI=1S/C24H29FN2O4/c1-15(14-29-2)19-4-3-16(12-20(19)25)11-17-13-22(27-21-7-10-31-23(17)21)24(28)26-18-5-8-30-9-6-18/h3-4,12-13,15,18H,5-11,14H2,1-2H3,(H,26,28). The number of nitrogens with zero attached hydrogens (tertiary/aromatic N) is 1. The Morgan fingerprint density at radius 2 is 2.10 bits per heavy atom. The second-order valence-corrected chi connectivity index (χ2v) is 8.29. The van der Waals surface area contributed by atoms with Gasteiger partial charge in [-0.25, -0.2) is 9.37 Å². The van der Waals surface area contributed by atoms with Crippen LogP contribution in [-0.2, 0) is 22.3 Å². The van der Waals surface area contributed by atoms with Crippen molar-refractivity contribution in [3.8, 4) is 5.75 Å². The van der Waals surface area contributed by atoms with E-state index >= 15 is 0 Å². The third-order valence-corrected chi connectivity index (χ3v) is 5.90. The average Bonchev–Trinajstić information content (AvgIpc) is 3.24. The molecule has 2 aromatic rings. The highest BCUT2D eigenvalue weighted by Gasteiger charge is 2.24. The molecule has 2 aliphatic heterocycles. The van der Waals surface area contributed by atoms with Gasteiger partial charge in [0.15, 0.2) is 0 Å². The fourth-order valence-electron chi connectivity index (χ4n) is 4.23. The first kappa shape index (κ1) is 21.7. The molecule has 0 aliphatic carbocycles. The molecule has 3 heterocycles. The maximum atomic E-state index is 14.7. The number of benzene rings is 1. The summed E-state index contributed by atoms with van der Waals surface area (Å²) in [5.41, 5.74) is 3.50. The largest absolute Gasteiger partial charge is 0.491 e. The predicted molar refractivity (Wildman–Crippen MR) is 114 cm³/mol. The van der Waals surface area contributed by atoms with Crippen molar-refractivity contribution in [2.24, 2.45) is 0 Å². The smallest absolute Gasteiger partial charge is 0.270 e. The minimum Gasteiger partial charge on any atom is -0.491 e. The number of rotatable bonds is 7. The van der Waals surface area contributed by atoms with Gasteiger partial charge in [0.25, 0.3) is 5.91 Å². The SMILES string of the molecule is COCC(C)c1ccc(Cc2cc(C(=O)NC3CCOCC3)nc3c2OCC3)cc1F. The lowest BCUT2D eigenvalue weighted by atomic mass is 9.96. The quantitative estimate of drug-likeness (QED) is 0.732. The molecule has 6 nitrogen and oxygen atoms in total. The molecule has 0 saturated carbocycles. The Hall–Kier alpha value is -2.51. The van der Waals surface area contributed by atoms with Gasteiger partial charge in [0.2, 0.25) is 0 Å². The summed E-state index contributed by atoms with van der Waals surface area (Å²) in [6.07, 6.45) is 2.75. The summed E-state index contributed by atoms with van der Waals surface area (Å²) in [5.74, 6) is 0.275. The number of pyridine rings is 1. The fraction of sp³-hybridized carbons (Fsp3) is 0.500. The number of fused-ring (bicyclic) bond motifs is 1. The molecule has 1 atom stereocenters. The average molecular weight is 429 g/mol. The molecule has 1 aromatic carbocycles. The first-order valence-corrected chi connectivity index (χ1v) is 10.9. The zero-order chi connectivity index (χ0) is 21.8. The molecule has 0 bridgehead atoms. The van der Waals surface area contributed by atoms with Gasteiger partial charge < -0.3 is 19.5 Å². The van der Waals surface area contributed by atoms with E-state index in [9.17, 15) is 9.18 Å². The van der Waals surface area contributed by atoms with Gasteiger partial charge >= 0.3 is 0 Å². The summed E-state index contributed by atoms with van der Waals surface area (Å²) in [7, 11) is 1.61. The monoisotopic (exact) mass is 428 g/mol. The van der Waals surface area contributed by atoms with E-state index in [1.807, 2.05) is 19.1 Å². The molecule has 1 amide bonds. The number of hydrogen-bond acceptors (Lipinski definition) is 5. The molecule has 4 rings (SSSR count). The van der Waals surface area contributed by atoms with Gasteiger partial charge in [-0.05, 0) is 36.1 Å². The minimum absolute atomic E-state index is 0.0203. The molecule has 1 unspecified atom stereocenters. The topological polar surface area (TPSA) is 69.7 Å². The molecule has 1 saturated heterocycles. The van der Waals surface area contributed by atoms with Crippen molar-refractivity contribution < 1.29 is 23.4 Å². The van der Waals surface area contributed by atoms with E-state index in [0.29, 0.717) is 50.5 Å². The molecule has 1 N–H and O–H groups in total. The highest BCUT2D eigenvalue weighted by Crippen LogP contribution is 2.31. The van der Waals surface area contributed by atoms with Crippen LogP contribution >= 0.6 is 0 Å². The maximum absolute atomic E-state index is 14.7. The van der Waals surface area contributed by atoms with Crippen molar-refractivity contribution in [3.05, 3.63) is 58.2 Å². The first-order chi connectivity index (χ1) is 15.0. The van der Waals surface area contributed by atoms with Crippen LogP contribution in [0.1, 0.15) is 58.6 Å². The normalized spacial score (nSPS) is 17.1. The molecule has 1 fully saturated rings. The third-order valence-electron chi connectivity index (χ3n) is 5.90. The van der Waals surface area contributed by atoms with E-state index in [2.05, 4.69) is 10.3 Å². The van der Waals surface area contributed by atoms with Crippen molar-refractivity contribution in [2.45, 2.75) is 44.6 Å². The molecule has 166 valence electrons. The predicted octanol–water partition coefficient (Wildman–Crippen LogP) is 3.41. The lowest BCUT2D eigenvalue weighted by Crippen LogP contribution is -2.39. The number of halogens is 1. The van der Waals surface area contributed by atoms with Crippen molar-refractivity contribution in [1.29, 1.82) is 0 Å². The van der Waals surface area contributed by atoms with Gasteiger partial charge in [-0.3, -0.25) is 4.79 Å². The molecule has 7 heteroatoms. The summed E-state index contributed by atoms with van der Waals surface area (Å²) in [5, 5.41) is 3.06. The maximum Gasteiger partial charge on any atom is 0.270 e. The number of carbonyl (C=O) groups excluding carboxylic acids is 1. The van der Waals surface area contributed by atoms with Crippen LogP contribution in [0.25, 0.3) is 0 Å². The van der Waals surface area contributed by atoms with Crippen LogP contribution in [-0.4, -0.2) is 50.5 Å². The molecule has 0 spiro atoms. The summed E-state index contributed by atoms with van der Waals surface area (Å²) in [6.45, 7) is 4.27. The summed E-state index contributed by atoms with van der Waals surface area (Å²) in [4.78, 5) is 17.4. The van der Waals surface area contributed by atoms with Crippen molar-refractivity contribution in [2.75, 3.05) is 33.5 Å². The van der Waals surface area contributed by atoms with Crippen LogP contribution in [0.2, 0.25) is 0 Å². The van der Waals surface area contributed by atoms with E-state index in [0.717, 1.165) is 35.4 Å². The zero-order valence-electron chi connectivity index (χ0n) is 18.1. The van der Waals surface area contributed by atoms with Crippen molar-refractivity contribution in [3.63, 3.8) is 0 Å². The lowest BCUT2D eigenvalue weighted by molar-refractivity contribution is 0.0694. The number of aromatic nitrogens is 1. The van der Waals surface area contributed by atoms with E-state index in [1.54, 1.807) is 19.2 Å². The van der Waals surface area contributed by atoms with Crippen LogP contribution in [0.3, 0.4) is 0 Å². The zero-order valence-corrected chi connectivity index (χ0v) is 18.1. The number of amides is 1. The highest BCUT2D eigenvalue weighted by molar-refractivity contribution is 5.93. The Morgan fingerprint density at radius 3 is 2.84 bits per heavy atom. The first-order valence-electron chi connectivity index (χ1n) is 10.9. The Balaban J connectivity index is 1.55. The third kappa shape index (κ3) is 5.05. The van der Waals surface area contributed by atoms with Crippen LogP contribution in [0.5, 0.6) is 5.75 Å². The molecule has 0 radical (unpaired) electrons. The summed E-state index contributed by atoms with van der Waals surface area (Å²) >= 11 is 0. The van der Waals surface area contributed by atoms with Gasteiger partial charge in [-0.15, -0.1) is 0 Å². The van der Waals surface area contributed by atoms with Gasteiger partial charge in [-0.1, -0.05) is 19.1 Å². The van der Waals surface area contributed by atoms with Crippen LogP contribution in [0.4, 0.5) is 4.39 Å². The van der Waals surface area contributed by atoms with E-state index in [1.165, 1.54) is 0 Å². The number of nitrogens with one attached hydrogen (secondary N) is 1. The minimum atomic E-state index is -0.244. The van der Waals surface area contributed by atoms with E-state index < -0.39 is 0 Å². The van der Waals surface area contributed by atoms with Crippen LogP contribution in [0.15, 0.2) is 24.3 Å². The molecule has 1 aromatic heterocycles. The second kappa shape index (κ2) is 9.75. The fourth-order valence-corrected chi connectivity index (χ4v) is 4.23.